The highest BCUT2D eigenvalue weighted by molar-refractivity contribution is 6.30. The van der Waals surface area contributed by atoms with Crippen molar-refractivity contribution >= 4 is 28.9 Å². The van der Waals surface area contributed by atoms with E-state index < -0.39 is 0 Å². The van der Waals surface area contributed by atoms with Gasteiger partial charge in [0.1, 0.15) is 11.4 Å². The molecule has 0 unspecified atom stereocenters. The van der Waals surface area contributed by atoms with E-state index in [1.807, 2.05) is 24.3 Å². The van der Waals surface area contributed by atoms with Crippen molar-refractivity contribution in [1.82, 2.24) is 0 Å². The van der Waals surface area contributed by atoms with Crippen molar-refractivity contribution < 1.29 is 4.99 Å². The van der Waals surface area contributed by atoms with Crippen molar-refractivity contribution in [2.45, 2.75) is 48.1 Å². The number of anilines is 2. The highest BCUT2D eigenvalue weighted by Gasteiger charge is 2.16. The van der Waals surface area contributed by atoms with Crippen molar-refractivity contribution in [3.8, 4) is 0 Å². The maximum Gasteiger partial charge on any atom is 0.353 e. The van der Waals surface area contributed by atoms with Gasteiger partial charge in [0.2, 0.25) is 0 Å². The Labute approximate surface area is 185 Å². The van der Waals surface area contributed by atoms with Crippen LogP contribution in [0.15, 0.2) is 48.5 Å². The van der Waals surface area contributed by atoms with Gasteiger partial charge in [-0.05, 0) is 81.5 Å². The molecule has 0 aliphatic rings. The molecule has 3 aromatic carbocycles. The molecule has 0 spiro atoms. The van der Waals surface area contributed by atoms with Crippen molar-refractivity contribution in [1.29, 1.82) is 0 Å². The first-order valence-corrected chi connectivity index (χ1v) is 10.7. The Bertz CT molecular complexity index is 974. The fourth-order valence-electron chi connectivity index (χ4n) is 3.92. The maximum atomic E-state index is 6.03. The van der Waals surface area contributed by atoms with Gasteiger partial charge in [0.05, 0.1) is 6.54 Å². The van der Waals surface area contributed by atoms with Gasteiger partial charge in [-0.2, -0.15) is 0 Å². The van der Waals surface area contributed by atoms with Gasteiger partial charge in [0, 0.05) is 5.02 Å². The molecule has 156 valence electrons. The van der Waals surface area contributed by atoms with Crippen LogP contribution in [0.1, 0.15) is 38.9 Å². The minimum absolute atomic E-state index is 0.681. The molecular weight excluding hydrogens is 390 g/mol. The number of rotatable bonds is 4. The number of nitrogens with one attached hydrogen (secondary N) is 3. The predicted molar refractivity (Wildman–Crippen MR) is 130 cm³/mol. The fourth-order valence-corrected chi connectivity index (χ4v) is 4.04. The second kappa shape index (κ2) is 9.36. The Hall–Kier alpha value is -2.78. The van der Waals surface area contributed by atoms with E-state index in [2.05, 4.69) is 81.4 Å². The topological polar surface area (TPSA) is 38.0 Å². The highest BCUT2D eigenvalue weighted by atomic mass is 35.5. The standard InChI is InChI=1S/C26H30ClN3/c1-16-11-18(3)24(19(4)12-16)29-26(28-15-22-7-9-23(27)10-8-22)30-25-20(5)13-17(2)14-21(25)6/h7-14H,15H2,1-6H3,(H2,28,29,30)/p+1. The number of guanidine groups is 1. The molecule has 0 atom stereocenters. The average Bonchev–Trinajstić information content (AvgIpc) is 2.66. The smallest absolute Gasteiger partial charge is 0.273 e. The van der Waals surface area contributed by atoms with Crippen LogP contribution in [0.3, 0.4) is 0 Å². The number of hydrogen-bond donors (Lipinski definition) is 3. The lowest BCUT2D eigenvalue weighted by Gasteiger charge is -2.14. The minimum Gasteiger partial charge on any atom is -0.273 e. The summed E-state index contributed by atoms with van der Waals surface area (Å²) in [5, 5.41) is 7.97. The van der Waals surface area contributed by atoms with E-state index in [9.17, 15) is 0 Å². The minimum atomic E-state index is 0.681. The largest absolute Gasteiger partial charge is 0.353 e. The van der Waals surface area contributed by atoms with Gasteiger partial charge in [-0.1, -0.05) is 59.1 Å². The summed E-state index contributed by atoms with van der Waals surface area (Å²) >= 11 is 6.03. The second-order valence-electron chi connectivity index (χ2n) is 8.15. The molecule has 3 nitrogen and oxygen atoms in total. The summed E-state index contributed by atoms with van der Waals surface area (Å²) in [5.74, 6) is 0.857. The molecule has 0 heterocycles. The van der Waals surface area contributed by atoms with E-state index in [1.54, 1.807) is 0 Å². The highest BCUT2D eigenvalue weighted by Crippen LogP contribution is 2.24. The summed E-state index contributed by atoms with van der Waals surface area (Å²) in [7, 11) is 0. The molecule has 0 amide bonds. The lowest BCUT2D eigenvalue weighted by Crippen LogP contribution is -2.75. The first-order valence-electron chi connectivity index (χ1n) is 10.3. The van der Waals surface area contributed by atoms with Crippen LogP contribution in [0.5, 0.6) is 0 Å². The first kappa shape index (κ1) is 21.9. The SMILES string of the molecule is Cc1cc(C)c(NC(Nc2c(C)cc(C)cc2C)=[NH+]Cc2ccc(Cl)cc2)c(C)c1. The Kier molecular flexibility index (Phi) is 6.84. The zero-order valence-corrected chi connectivity index (χ0v) is 19.5. The van der Waals surface area contributed by atoms with Crippen LogP contribution in [-0.4, -0.2) is 5.96 Å². The molecule has 0 radical (unpaired) electrons. The summed E-state index contributed by atoms with van der Waals surface area (Å²) in [4.78, 5) is 3.54. The van der Waals surface area contributed by atoms with Crippen LogP contribution in [0.4, 0.5) is 11.4 Å². The summed E-state index contributed by atoms with van der Waals surface area (Å²) in [6, 6.07) is 16.7. The third kappa shape index (κ3) is 5.43. The monoisotopic (exact) mass is 420 g/mol. The summed E-state index contributed by atoms with van der Waals surface area (Å²) in [6.07, 6.45) is 0. The third-order valence-electron chi connectivity index (χ3n) is 5.24. The van der Waals surface area contributed by atoms with Gasteiger partial charge in [-0.3, -0.25) is 4.99 Å². The van der Waals surface area contributed by atoms with Gasteiger partial charge in [-0.25, -0.2) is 10.6 Å². The van der Waals surface area contributed by atoms with E-state index in [-0.39, 0.29) is 0 Å². The molecule has 3 aromatic rings. The number of hydrogen-bond acceptors (Lipinski definition) is 0. The normalized spacial score (nSPS) is 10.6. The summed E-state index contributed by atoms with van der Waals surface area (Å²) in [5.41, 5.74) is 10.8. The first-order chi connectivity index (χ1) is 14.2. The molecule has 4 heteroatoms. The van der Waals surface area contributed by atoms with Gasteiger partial charge in [0.25, 0.3) is 0 Å². The average molecular weight is 421 g/mol. The van der Waals surface area contributed by atoms with Crippen LogP contribution in [0.2, 0.25) is 5.02 Å². The van der Waals surface area contributed by atoms with Crippen molar-refractivity contribution in [3.05, 3.63) is 92.5 Å². The summed E-state index contributed by atoms with van der Waals surface area (Å²) < 4.78 is 0. The quantitative estimate of drug-likeness (QED) is 0.393. The predicted octanol–water partition coefficient (Wildman–Crippen LogP) is 5.35. The molecule has 0 saturated carbocycles. The number of aryl methyl sites for hydroxylation is 6. The van der Waals surface area contributed by atoms with Crippen molar-refractivity contribution in [2.24, 2.45) is 0 Å². The molecule has 0 fully saturated rings. The molecule has 0 aromatic heterocycles. The van der Waals surface area contributed by atoms with E-state index in [1.165, 1.54) is 33.4 Å². The van der Waals surface area contributed by atoms with E-state index in [4.69, 9.17) is 11.6 Å². The van der Waals surface area contributed by atoms with Crippen LogP contribution in [0.25, 0.3) is 0 Å². The maximum absolute atomic E-state index is 6.03. The Morgan fingerprint density at radius 3 is 1.50 bits per heavy atom. The molecule has 30 heavy (non-hydrogen) atoms. The lowest BCUT2D eigenvalue weighted by atomic mass is 10.0. The van der Waals surface area contributed by atoms with Crippen LogP contribution in [-0.2, 0) is 6.54 Å². The Morgan fingerprint density at radius 1 is 0.700 bits per heavy atom. The van der Waals surface area contributed by atoms with Gasteiger partial charge >= 0.3 is 5.96 Å². The van der Waals surface area contributed by atoms with E-state index in [0.29, 0.717) is 6.54 Å². The van der Waals surface area contributed by atoms with Gasteiger partial charge in [-0.15, -0.1) is 0 Å². The molecule has 0 bridgehead atoms. The zero-order valence-electron chi connectivity index (χ0n) is 18.7. The second-order valence-corrected chi connectivity index (χ2v) is 8.59. The van der Waals surface area contributed by atoms with Crippen LogP contribution < -0.4 is 15.6 Å². The van der Waals surface area contributed by atoms with Crippen molar-refractivity contribution in [3.63, 3.8) is 0 Å². The third-order valence-corrected chi connectivity index (χ3v) is 5.49. The van der Waals surface area contributed by atoms with Gasteiger partial charge in [0.15, 0.2) is 0 Å². The molecule has 0 saturated heterocycles. The van der Waals surface area contributed by atoms with Crippen LogP contribution >= 0.6 is 11.6 Å². The zero-order chi connectivity index (χ0) is 21.8. The molecule has 0 aliphatic heterocycles. The Balaban J connectivity index is 1.96. The number of benzene rings is 3. The van der Waals surface area contributed by atoms with E-state index >= 15 is 0 Å². The molecule has 3 N–H and O–H groups in total. The molecule has 0 aliphatic carbocycles. The van der Waals surface area contributed by atoms with Crippen LogP contribution in [0, 0.1) is 41.5 Å². The number of halogens is 1. The fraction of sp³-hybridized carbons (Fsp3) is 0.269. The van der Waals surface area contributed by atoms with Crippen molar-refractivity contribution in [2.75, 3.05) is 10.6 Å². The van der Waals surface area contributed by atoms with E-state index in [0.717, 1.165) is 27.9 Å². The summed E-state index contributed by atoms with van der Waals surface area (Å²) in [6.45, 7) is 13.5. The van der Waals surface area contributed by atoms with Gasteiger partial charge < -0.3 is 0 Å². The lowest BCUT2D eigenvalue weighted by molar-refractivity contribution is -0.475. The molecule has 3 rings (SSSR count). The Morgan fingerprint density at radius 2 is 1.10 bits per heavy atom. The molecular formula is C26H31ClN3+.